The van der Waals surface area contributed by atoms with E-state index in [2.05, 4.69) is 51.4 Å². The number of piperidine rings is 1. The van der Waals surface area contributed by atoms with Crippen LogP contribution in [0.1, 0.15) is 118 Å². The number of carbonyl (C=O) groups is 6. The number of aromatic nitrogens is 8. The summed E-state index contributed by atoms with van der Waals surface area (Å²) in [5.74, 6) is -2.04. The van der Waals surface area contributed by atoms with Crippen molar-refractivity contribution in [2.45, 2.75) is 78.3 Å². The minimum absolute atomic E-state index is 0.00367. The number of H-pyrrole nitrogens is 2. The van der Waals surface area contributed by atoms with E-state index in [-0.39, 0.29) is 76.1 Å². The second-order valence-electron chi connectivity index (χ2n) is 19.5. The molecule has 8 aromatic rings. The van der Waals surface area contributed by atoms with Crippen LogP contribution < -0.4 is 32.8 Å². The van der Waals surface area contributed by atoms with Crippen LogP contribution in [0, 0.1) is 16.7 Å². The van der Waals surface area contributed by atoms with E-state index in [1.807, 2.05) is 4.90 Å². The summed E-state index contributed by atoms with van der Waals surface area (Å²) < 4.78 is 12.8. The Hall–Kier alpha value is -8.76. The number of Topliss-reactive ketones (excluding diaryl/α,β-unsaturated/α-hetero) is 1. The summed E-state index contributed by atoms with van der Waals surface area (Å²) in [7, 11) is 0. The zero-order valence-corrected chi connectivity index (χ0v) is 40.6. The molecule has 1 aliphatic heterocycles. The second-order valence-corrected chi connectivity index (χ2v) is 19.5. The third kappa shape index (κ3) is 10.2. The molecule has 382 valence electrons. The van der Waals surface area contributed by atoms with Gasteiger partial charge in [0.05, 0.1) is 23.4 Å². The fraction of sp³-hybridized carbons (Fsp3) is 0.373. The lowest BCUT2D eigenvalue weighted by Crippen LogP contribution is -2.49. The van der Waals surface area contributed by atoms with Crippen LogP contribution in [0.15, 0.2) is 91.5 Å². The predicted octanol–water partition coefficient (Wildman–Crippen LogP) is 3.84. The molecule has 12 rings (SSSR count). The number of fused-ring (bicyclic) bond motifs is 7. The van der Waals surface area contributed by atoms with Gasteiger partial charge in [0, 0.05) is 75.9 Å². The van der Waals surface area contributed by atoms with Crippen molar-refractivity contribution in [2.24, 2.45) is 16.7 Å². The molecule has 6 N–H and O–H groups in total. The largest absolute Gasteiger partial charge is 0.417 e. The van der Waals surface area contributed by atoms with Crippen LogP contribution in [0.5, 0.6) is 0 Å². The normalized spacial score (nSPS) is 18.5. The highest BCUT2D eigenvalue weighted by Crippen LogP contribution is 2.57. The number of nitrogens with zero attached hydrogens (tertiary/aromatic N) is 7. The Labute approximate surface area is 419 Å². The number of oxazole rings is 2. The summed E-state index contributed by atoms with van der Waals surface area (Å²) in [6.45, 7) is 6.00. The summed E-state index contributed by atoms with van der Waals surface area (Å²) in [5.41, 5.74) is 4.69. The van der Waals surface area contributed by atoms with E-state index in [0.29, 0.717) is 59.7 Å². The fourth-order valence-electron chi connectivity index (χ4n) is 10.3. The number of benzene rings is 2. The molecule has 4 aliphatic rings. The minimum atomic E-state index is -0.545. The summed E-state index contributed by atoms with van der Waals surface area (Å²) in [4.78, 5) is 114. The van der Waals surface area contributed by atoms with Crippen molar-refractivity contribution >= 4 is 68.8 Å². The average Bonchev–Trinajstić information content (AvgIpc) is 4.24. The number of likely N-dealkylation sites (tertiary alicyclic amines) is 1. The third-order valence-corrected chi connectivity index (χ3v) is 14.9. The van der Waals surface area contributed by atoms with Gasteiger partial charge < -0.3 is 35.0 Å². The number of ketones is 1. The molecule has 4 fully saturated rings. The van der Waals surface area contributed by atoms with Gasteiger partial charge in [0.15, 0.2) is 22.5 Å². The van der Waals surface area contributed by atoms with Crippen LogP contribution in [0.2, 0.25) is 0 Å². The smallest absolute Gasteiger partial charge is 0.408 e. The Kier molecular flexibility index (Phi) is 13.2. The van der Waals surface area contributed by atoms with E-state index in [0.717, 1.165) is 62.5 Å². The van der Waals surface area contributed by atoms with Crippen molar-refractivity contribution in [1.29, 1.82) is 0 Å². The van der Waals surface area contributed by atoms with Gasteiger partial charge in [-0.2, -0.15) is 10.2 Å². The monoisotopic (exact) mass is 1010 g/mol. The SMILES string of the molecule is CC(=O)C12CCC(CNC(=O)c3cc(C(=O)NCc4ccc5oc(=O)[nH]c5c4)nc4ccnn34)(CC1)CC2.CC(=O)N1CCC(CNC(=O)c2cc(C(=O)NCc3ccc4oc(=O)[nH]c4c3)nc3ccnn23)CC1. The van der Waals surface area contributed by atoms with Gasteiger partial charge in [-0.1, -0.05) is 12.1 Å². The van der Waals surface area contributed by atoms with Gasteiger partial charge in [-0.25, -0.2) is 28.6 Å². The molecule has 2 aromatic carbocycles. The quantitative estimate of drug-likeness (QED) is 0.0957. The molecule has 6 aromatic heterocycles. The molecule has 23 nitrogen and oxygen atoms in total. The first-order valence-electron chi connectivity index (χ1n) is 24.5. The van der Waals surface area contributed by atoms with Crippen molar-refractivity contribution in [1.82, 2.24) is 65.3 Å². The van der Waals surface area contributed by atoms with Crippen LogP contribution in [0.25, 0.3) is 33.5 Å². The van der Waals surface area contributed by atoms with Crippen molar-refractivity contribution in [2.75, 3.05) is 26.2 Å². The van der Waals surface area contributed by atoms with Crippen molar-refractivity contribution < 1.29 is 37.6 Å². The highest BCUT2D eigenvalue weighted by atomic mass is 16.4. The van der Waals surface area contributed by atoms with E-state index in [1.54, 1.807) is 62.4 Å². The first-order valence-corrected chi connectivity index (χ1v) is 24.5. The zero-order valence-electron chi connectivity index (χ0n) is 40.6. The molecule has 1 saturated heterocycles. The molecule has 23 heteroatoms. The van der Waals surface area contributed by atoms with Gasteiger partial charge >= 0.3 is 11.5 Å². The van der Waals surface area contributed by atoms with Gasteiger partial charge in [-0.3, -0.25) is 38.7 Å². The Morgan fingerprint density at radius 1 is 0.622 bits per heavy atom. The number of nitrogens with one attached hydrogen (secondary N) is 6. The Bertz CT molecular complexity index is 3600. The predicted molar refractivity (Wildman–Crippen MR) is 265 cm³/mol. The lowest BCUT2D eigenvalue weighted by molar-refractivity contribution is -0.135. The van der Waals surface area contributed by atoms with Gasteiger partial charge in [-0.15, -0.1) is 0 Å². The van der Waals surface area contributed by atoms with E-state index in [4.69, 9.17) is 8.83 Å². The van der Waals surface area contributed by atoms with E-state index >= 15 is 0 Å². The number of amides is 5. The van der Waals surface area contributed by atoms with Crippen LogP contribution >= 0.6 is 0 Å². The summed E-state index contributed by atoms with van der Waals surface area (Å²) in [6.07, 6.45) is 10.1. The Balaban J connectivity index is 0.000000170. The Morgan fingerprint density at radius 2 is 1.11 bits per heavy atom. The average molecular weight is 1010 g/mol. The number of carbonyl (C=O) groups excluding carboxylic acids is 6. The summed E-state index contributed by atoms with van der Waals surface area (Å²) >= 11 is 0. The molecule has 3 aliphatic carbocycles. The van der Waals surface area contributed by atoms with E-state index in [1.165, 1.54) is 33.6 Å². The zero-order chi connectivity index (χ0) is 51.7. The highest BCUT2D eigenvalue weighted by molar-refractivity contribution is 5.99. The summed E-state index contributed by atoms with van der Waals surface area (Å²) in [6, 6.07) is 16.4. The topological polar surface area (TPSA) is 306 Å². The van der Waals surface area contributed by atoms with Gasteiger partial charge in [0.25, 0.3) is 23.6 Å². The first kappa shape index (κ1) is 48.8. The number of hydrogen-bond acceptors (Lipinski definition) is 14. The molecule has 0 spiro atoms. The fourth-order valence-corrected chi connectivity index (χ4v) is 10.3. The first-order chi connectivity index (χ1) is 35.6. The highest BCUT2D eigenvalue weighted by Gasteiger charge is 2.50. The minimum Gasteiger partial charge on any atom is -0.408 e. The standard InChI is InChI=1S/C27H28N6O5.C24H25N7O5/c1-16(34)27-8-5-26(6-9-27,7-10-27)15-29-24(36)20-13-19(31-22-4-11-30-33(20)22)23(35)28-14-17-2-3-21-18(12-17)32-25(37)38-21;1-14(32)30-8-5-15(6-9-30)12-26-23(34)19-11-18(28-21-4-7-27-31(19)21)22(33)25-13-16-2-3-20-17(10-16)29-24(35)36-20/h2-4,11-13H,5-10,14-15H2,1H3,(H,28,35)(H,29,36)(H,32,37);2-4,7,10-11,15H,5-6,8-9,12-13H2,1H3,(H,25,33)(H,26,34)(H,29,35). The maximum absolute atomic E-state index is 13.3. The maximum Gasteiger partial charge on any atom is 0.417 e. The molecule has 0 atom stereocenters. The molecule has 0 unspecified atom stereocenters. The van der Waals surface area contributed by atoms with Crippen LogP contribution in [-0.4, -0.2) is 106 Å². The van der Waals surface area contributed by atoms with Crippen LogP contribution in [-0.2, 0) is 22.7 Å². The molecular formula is C51H53N13O10. The third-order valence-electron chi connectivity index (χ3n) is 14.9. The Morgan fingerprint density at radius 3 is 1.58 bits per heavy atom. The lowest BCUT2D eigenvalue weighted by Gasteiger charge is -2.52. The molecular weight excluding hydrogens is 955 g/mol. The number of aromatic amines is 2. The van der Waals surface area contributed by atoms with Gasteiger partial charge in [0.2, 0.25) is 5.91 Å². The number of hydrogen-bond donors (Lipinski definition) is 6. The molecule has 2 bridgehead atoms. The van der Waals surface area contributed by atoms with Crippen LogP contribution in [0.3, 0.4) is 0 Å². The number of rotatable bonds is 13. The maximum atomic E-state index is 13.3. The van der Waals surface area contributed by atoms with Gasteiger partial charge in [-0.05, 0) is 105 Å². The molecule has 7 heterocycles. The molecule has 0 radical (unpaired) electrons. The summed E-state index contributed by atoms with van der Waals surface area (Å²) in [5, 5.41) is 20.0. The second kappa shape index (κ2) is 20.0. The van der Waals surface area contributed by atoms with Crippen molar-refractivity contribution in [3.05, 3.63) is 128 Å². The molecule has 3 saturated carbocycles. The molecule has 5 amide bonds. The van der Waals surface area contributed by atoms with E-state index < -0.39 is 23.3 Å². The lowest BCUT2D eigenvalue weighted by atomic mass is 9.52. The molecule has 74 heavy (non-hydrogen) atoms. The van der Waals surface area contributed by atoms with Crippen molar-refractivity contribution in [3.63, 3.8) is 0 Å². The van der Waals surface area contributed by atoms with E-state index in [9.17, 15) is 38.4 Å². The van der Waals surface area contributed by atoms with Crippen molar-refractivity contribution in [3.8, 4) is 0 Å². The van der Waals surface area contributed by atoms with Crippen LogP contribution in [0.4, 0.5) is 0 Å². The van der Waals surface area contributed by atoms with Gasteiger partial charge in [0.1, 0.15) is 28.6 Å².